The SMILES string of the molecule is Nc1ncc(Cl)n2c([C@@H]3CCCN(OC(=O)c4ccccc4)C3)nc(-c3ccc(C(=O)Nc4cc(C(F)(F)F)ccn4)cc3)c12. The van der Waals surface area contributed by atoms with Crippen LogP contribution in [0.5, 0.6) is 0 Å². The molecule has 1 amide bonds. The predicted molar refractivity (Wildman–Crippen MR) is 160 cm³/mol. The van der Waals surface area contributed by atoms with Crippen LogP contribution in [0.1, 0.15) is 50.9 Å². The van der Waals surface area contributed by atoms with E-state index in [4.69, 9.17) is 27.2 Å². The Hall–Kier alpha value is -5.01. The number of alkyl halides is 3. The number of fused-ring (bicyclic) bond motifs is 1. The van der Waals surface area contributed by atoms with Gasteiger partial charge in [-0.05, 0) is 49.2 Å². The van der Waals surface area contributed by atoms with Crippen molar-refractivity contribution in [2.45, 2.75) is 24.9 Å². The molecule has 0 bridgehead atoms. The van der Waals surface area contributed by atoms with Crippen molar-refractivity contribution in [3.05, 3.63) is 107 Å². The molecule has 10 nitrogen and oxygen atoms in total. The summed E-state index contributed by atoms with van der Waals surface area (Å²) in [4.78, 5) is 44.1. The van der Waals surface area contributed by atoms with Crippen LogP contribution in [0.15, 0.2) is 79.1 Å². The number of amides is 1. The standard InChI is InChI=1S/C31H25ClF3N7O3/c32-23-16-38-27(36)26-25(18-8-10-19(11-9-18)29(43)39-24-15-22(12-13-37-24)31(33,34)35)40-28(42(23)26)21-7-4-14-41(17-21)45-30(44)20-5-2-1-3-6-20/h1-3,5-6,8-13,15-16,21H,4,7,14,17H2,(H2,36,38)(H,37,39,43)/t21-/m1/s1. The minimum absolute atomic E-state index is 0.173. The molecule has 5 aromatic rings. The molecule has 0 spiro atoms. The number of anilines is 2. The molecular weight excluding hydrogens is 611 g/mol. The molecular formula is C31H25ClF3N7O3. The molecule has 0 unspecified atom stereocenters. The third kappa shape index (κ3) is 6.30. The van der Waals surface area contributed by atoms with Gasteiger partial charge in [0.25, 0.3) is 5.91 Å². The maximum Gasteiger partial charge on any atom is 0.416 e. The van der Waals surface area contributed by atoms with Crippen LogP contribution in [-0.4, -0.2) is 49.4 Å². The summed E-state index contributed by atoms with van der Waals surface area (Å²) in [5.41, 5.74) is 7.57. The van der Waals surface area contributed by atoms with Crippen molar-refractivity contribution < 1.29 is 27.6 Å². The smallest absolute Gasteiger partial charge is 0.382 e. The van der Waals surface area contributed by atoms with Crippen molar-refractivity contribution in [2.24, 2.45) is 0 Å². The average molecular weight is 636 g/mol. The number of nitrogens with two attached hydrogens (primary N) is 1. The lowest BCUT2D eigenvalue weighted by Gasteiger charge is -2.30. The molecule has 3 N–H and O–H groups in total. The minimum atomic E-state index is -4.57. The van der Waals surface area contributed by atoms with E-state index < -0.39 is 23.6 Å². The Labute approximate surface area is 259 Å². The fraction of sp³-hybridized carbons (Fsp3) is 0.194. The van der Waals surface area contributed by atoms with E-state index in [0.29, 0.717) is 41.3 Å². The van der Waals surface area contributed by atoms with Crippen LogP contribution in [0.25, 0.3) is 16.8 Å². The molecule has 0 saturated carbocycles. The van der Waals surface area contributed by atoms with E-state index in [-0.39, 0.29) is 28.3 Å². The largest absolute Gasteiger partial charge is 0.416 e. The molecule has 1 atom stereocenters. The van der Waals surface area contributed by atoms with Crippen molar-refractivity contribution in [2.75, 3.05) is 24.1 Å². The Bertz CT molecular complexity index is 1880. The summed E-state index contributed by atoms with van der Waals surface area (Å²) < 4.78 is 40.9. The lowest BCUT2D eigenvalue weighted by Crippen LogP contribution is -2.36. The monoisotopic (exact) mass is 635 g/mol. The van der Waals surface area contributed by atoms with E-state index in [0.717, 1.165) is 31.2 Å². The summed E-state index contributed by atoms with van der Waals surface area (Å²) in [7, 11) is 0. The lowest BCUT2D eigenvalue weighted by atomic mass is 9.98. The molecule has 45 heavy (non-hydrogen) atoms. The van der Waals surface area contributed by atoms with Gasteiger partial charge in [-0.3, -0.25) is 9.20 Å². The highest BCUT2D eigenvalue weighted by Gasteiger charge is 2.32. The van der Waals surface area contributed by atoms with Crippen LogP contribution in [0, 0.1) is 0 Å². The lowest BCUT2D eigenvalue weighted by molar-refractivity contribution is -0.137. The summed E-state index contributed by atoms with van der Waals surface area (Å²) >= 11 is 6.61. The van der Waals surface area contributed by atoms with Gasteiger partial charge in [-0.15, -0.1) is 5.06 Å². The number of rotatable bonds is 6. The Morgan fingerprint density at radius 1 is 1.02 bits per heavy atom. The fourth-order valence-electron chi connectivity index (χ4n) is 5.23. The quantitative estimate of drug-likeness (QED) is 0.224. The van der Waals surface area contributed by atoms with Gasteiger partial charge in [-0.25, -0.2) is 19.7 Å². The van der Waals surface area contributed by atoms with Crippen molar-refractivity contribution in [3.8, 4) is 11.3 Å². The summed E-state index contributed by atoms with van der Waals surface area (Å²) in [6.07, 6.45) is -0.674. The number of piperidine rings is 1. The van der Waals surface area contributed by atoms with Crippen LogP contribution in [0.3, 0.4) is 0 Å². The second-order valence-electron chi connectivity index (χ2n) is 10.4. The number of carbonyl (C=O) groups is 2. The van der Waals surface area contributed by atoms with E-state index in [2.05, 4.69) is 15.3 Å². The number of nitrogens with one attached hydrogen (secondary N) is 1. The molecule has 230 valence electrons. The number of nitrogen functional groups attached to an aromatic ring is 1. The van der Waals surface area contributed by atoms with E-state index in [1.165, 1.54) is 18.3 Å². The summed E-state index contributed by atoms with van der Waals surface area (Å²) in [5.74, 6) is -0.698. The van der Waals surface area contributed by atoms with Crippen LogP contribution >= 0.6 is 11.6 Å². The van der Waals surface area contributed by atoms with Crippen molar-refractivity contribution in [1.82, 2.24) is 24.4 Å². The molecule has 3 aromatic heterocycles. The van der Waals surface area contributed by atoms with Crippen molar-refractivity contribution in [3.63, 3.8) is 0 Å². The Kier molecular flexibility index (Phi) is 8.12. The first-order valence-corrected chi connectivity index (χ1v) is 14.3. The number of hydroxylamine groups is 2. The number of halogens is 4. The number of benzene rings is 2. The fourth-order valence-corrected chi connectivity index (χ4v) is 5.45. The second kappa shape index (κ2) is 12.2. The maximum absolute atomic E-state index is 13.1. The molecule has 0 radical (unpaired) electrons. The van der Waals surface area contributed by atoms with Gasteiger partial charge in [0.1, 0.15) is 33.8 Å². The van der Waals surface area contributed by atoms with Gasteiger partial charge in [0.05, 0.1) is 17.3 Å². The summed E-state index contributed by atoms with van der Waals surface area (Å²) in [5, 5.41) is 4.30. The molecule has 2 aromatic carbocycles. The number of hydrogen-bond donors (Lipinski definition) is 2. The molecule has 4 heterocycles. The third-order valence-electron chi connectivity index (χ3n) is 7.39. The van der Waals surface area contributed by atoms with Crippen LogP contribution in [-0.2, 0) is 11.0 Å². The topological polar surface area (TPSA) is 128 Å². The molecule has 6 rings (SSSR count). The van der Waals surface area contributed by atoms with E-state index in [1.807, 2.05) is 6.07 Å². The van der Waals surface area contributed by atoms with E-state index >= 15 is 0 Å². The number of hydrogen-bond acceptors (Lipinski definition) is 8. The molecule has 1 aliphatic heterocycles. The predicted octanol–water partition coefficient (Wildman–Crippen LogP) is 6.25. The average Bonchev–Trinajstić information content (AvgIpc) is 3.45. The van der Waals surface area contributed by atoms with Gasteiger partial charge in [0, 0.05) is 36.3 Å². The Morgan fingerprint density at radius 2 is 1.78 bits per heavy atom. The number of aromatic nitrogens is 4. The second-order valence-corrected chi connectivity index (χ2v) is 10.8. The van der Waals surface area contributed by atoms with E-state index in [9.17, 15) is 22.8 Å². The maximum atomic E-state index is 13.1. The molecule has 1 aliphatic rings. The Balaban J connectivity index is 1.26. The normalized spacial score (nSPS) is 15.6. The van der Waals surface area contributed by atoms with Gasteiger partial charge < -0.3 is 15.9 Å². The third-order valence-corrected chi connectivity index (χ3v) is 7.66. The van der Waals surface area contributed by atoms with Gasteiger partial charge in [0.15, 0.2) is 0 Å². The van der Waals surface area contributed by atoms with Crippen LogP contribution in [0.4, 0.5) is 24.8 Å². The summed E-state index contributed by atoms with van der Waals surface area (Å²) in [6, 6.07) is 16.6. The number of carbonyl (C=O) groups excluding carboxylic acids is 2. The minimum Gasteiger partial charge on any atom is -0.382 e. The first-order chi connectivity index (χ1) is 21.6. The van der Waals surface area contributed by atoms with Crippen molar-refractivity contribution >= 4 is 40.6 Å². The zero-order valence-electron chi connectivity index (χ0n) is 23.5. The number of pyridine rings is 1. The first-order valence-electron chi connectivity index (χ1n) is 13.9. The van der Waals surface area contributed by atoms with Gasteiger partial charge >= 0.3 is 12.1 Å². The molecule has 1 fully saturated rings. The molecule has 1 saturated heterocycles. The molecule has 14 heteroatoms. The zero-order chi connectivity index (χ0) is 31.7. The van der Waals surface area contributed by atoms with Crippen LogP contribution in [0.2, 0.25) is 5.15 Å². The Morgan fingerprint density at radius 3 is 2.51 bits per heavy atom. The summed E-state index contributed by atoms with van der Waals surface area (Å²) in [6.45, 7) is 0.931. The molecule has 0 aliphatic carbocycles. The van der Waals surface area contributed by atoms with Gasteiger partial charge in [-0.1, -0.05) is 41.9 Å². The van der Waals surface area contributed by atoms with E-state index in [1.54, 1.807) is 45.9 Å². The zero-order valence-corrected chi connectivity index (χ0v) is 24.2. The van der Waals surface area contributed by atoms with Gasteiger partial charge in [0.2, 0.25) is 0 Å². The van der Waals surface area contributed by atoms with Crippen LogP contribution < -0.4 is 11.1 Å². The highest BCUT2D eigenvalue weighted by molar-refractivity contribution is 6.30. The first kappa shape index (κ1) is 30.0. The van der Waals surface area contributed by atoms with Gasteiger partial charge in [-0.2, -0.15) is 13.2 Å². The highest BCUT2D eigenvalue weighted by Crippen LogP contribution is 2.36. The number of imidazole rings is 1. The highest BCUT2D eigenvalue weighted by atomic mass is 35.5. The number of nitrogens with zero attached hydrogens (tertiary/aromatic N) is 5. The van der Waals surface area contributed by atoms with Crippen molar-refractivity contribution in [1.29, 1.82) is 0 Å².